The molecule has 2 atom stereocenters. The fourth-order valence-corrected chi connectivity index (χ4v) is 5.45. The highest BCUT2D eigenvalue weighted by Gasteiger charge is 2.29. The molecule has 4 aromatic rings. The van der Waals surface area contributed by atoms with Crippen LogP contribution < -0.4 is 4.90 Å². The zero-order valence-corrected chi connectivity index (χ0v) is 19.4. The van der Waals surface area contributed by atoms with Crippen LogP contribution in [0.2, 0.25) is 0 Å². The first-order valence-electron chi connectivity index (χ1n) is 11.6. The first-order valence-corrected chi connectivity index (χ1v) is 11.6. The number of imidazole rings is 1. The topological polar surface area (TPSA) is 44.3 Å². The normalized spacial score (nSPS) is 18.9. The Bertz CT molecular complexity index is 1330. The standard InChI is InChI=1S/C28H30N4/c1-18-9-11-22(12-10-18)14-23-21(4)24(15-29)27-30-25-7-5-6-8-26(25)32(27)28(23)31-16-19(2)13-20(3)17-31/h5-12,19-20H,13-14,16-17H2,1-4H3/t19-,20+. The maximum absolute atomic E-state index is 10.1. The van der Waals surface area contributed by atoms with Gasteiger partial charge in [0.2, 0.25) is 0 Å². The molecule has 0 bridgehead atoms. The van der Waals surface area contributed by atoms with Crippen LogP contribution in [0.1, 0.15) is 48.1 Å². The van der Waals surface area contributed by atoms with E-state index in [1.54, 1.807) is 0 Å². The number of hydrogen-bond acceptors (Lipinski definition) is 3. The molecule has 1 aliphatic heterocycles. The molecule has 2 aromatic heterocycles. The maximum atomic E-state index is 10.1. The molecular formula is C28H30N4. The van der Waals surface area contributed by atoms with Crippen molar-refractivity contribution in [3.05, 3.63) is 76.3 Å². The maximum Gasteiger partial charge on any atom is 0.157 e. The highest BCUT2D eigenvalue weighted by molar-refractivity contribution is 5.86. The summed E-state index contributed by atoms with van der Waals surface area (Å²) in [5, 5.41) is 10.1. The van der Waals surface area contributed by atoms with Crippen molar-refractivity contribution >= 4 is 22.5 Å². The Morgan fingerprint density at radius 1 is 1.00 bits per heavy atom. The lowest BCUT2D eigenvalue weighted by Crippen LogP contribution is -2.40. The third kappa shape index (κ3) is 3.42. The predicted molar refractivity (Wildman–Crippen MR) is 131 cm³/mol. The summed E-state index contributed by atoms with van der Waals surface area (Å²) >= 11 is 0. The summed E-state index contributed by atoms with van der Waals surface area (Å²) in [6.45, 7) is 11.0. The lowest BCUT2D eigenvalue weighted by atomic mass is 9.90. The van der Waals surface area contributed by atoms with Gasteiger partial charge in [-0.15, -0.1) is 0 Å². The molecule has 2 aromatic carbocycles. The molecule has 0 saturated carbocycles. The number of rotatable bonds is 3. The molecule has 4 heteroatoms. The predicted octanol–water partition coefficient (Wildman–Crippen LogP) is 6.05. The van der Waals surface area contributed by atoms with Gasteiger partial charge >= 0.3 is 0 Å². The summed E-state index contributed by atoms with van der Waals surface area (Å²) < 4.78 is 2.26. The number of nitrogens with zero attached hydrogens (tertiary/aromatic N) is 4. The third-order valence-corrected chi connectivity index (χ3v) is 6.88. The van der Waals surface area contributed by atoms with Gasteiger partial charge in [0, 0.05) is 25.1 Å². The smallest absolute Gasteiger partial charge is 0.157 e. The summed E-state index contributed by atoms with van der Waals surface area (Å²) in [6, 6.07) is 19.5. The van der Waals surface area contributed by atoms with Crippen molar-refractivity contribution in [2.75, 3.05) is 18.0 Å². The van der Waals surface area contributed by atoms with E-state index in [4.69, 9.17) is 4.98 Å². The zero-order valence-electron chi connectivity index (χ0n) is 19.4. The van der Waals surface area contributed by atoms with Gasteiger partial charge < -0.3 is 4.90 Å². The third-order valence-electron chi connectivity index (χ3n) is 6.88. The average molecular weight is 423 g/mol. The van der Waals surface area contributed by atoms with Gasteiger partial charge in [0.05, 0.1) is 16.6 Å². The van der Waals surface area contributed by atoms with Gasteiger partial charge in [-0.05, 0) is 55.4 Å². The molecule has 162 valence electrons. The minimum atomic E-state index is 0.631. The molecule has 4 nitrogen and oxygen atoms in total. The van der Waals surface area contributed by atoms with E-state index in [2.05, 4.69) is 79.5 Å². The number of piperidine rings is 1. The second-order valence-corrected chi connectivity index (χ2v) is 9.69. The first kappa shape index (κ1) is 20.6. The highest BCUT2D eigenvalue weighted by Crippen LogP contribution is 2.37. The van der Waals surface area contributed by atoms with Crippen molar-refractivity contribution in [2.24, 2.45) is 11.8 Å². The van der Waals surface area contributed by atoms with E-state index in [0.717, 1.165) is 41.8 Å². The summed E-state index contributed by atoms with van der Waals surface area (Å²) in [6.07, 6.45) is 2.06. The van der Waals surface area contributed by atoms with Gasteiger partial charge in [-0.2, -0.15) is 5.26 Å². The minimum absolute atomic E-state index is 0.631. The van der Waals surface area contributed by atoms with Crippen molar-refractivity contribution in [3.63, 3.8) is 0 Å². The number of hydrogen-bond donors (Lipinski definition) is 0. The van der Waals surface area contributed by atoms with Crippen LogP contribution >= 0.6 is 0 Å². The molecule has 0 amide bonds. The van der Waals surface area contributed by atoms with E-state index in [-0.39, 0.29) is 0 Å². The quantitative estimate of drug-likeness (QED) is 0.404. The first-order chi connectivity index (χ1) is 15.5. The summed E-state index contributed by atoms with van der Waals surface area (Å²) in [5.74, 6) is 2.47. The van der Waals surface area contributed by atoms with Gasteiger partial charge in [-0.25, -0.2) is 4.98 Å². The van der Waals surface area contributed by atoms with Crippen LogP contribution in [-0.2, 0) is 6.42 Å². The van der Waals surface area contributed by atoms with E-state index < -0.39 is 0 Å². The molecule has 5 rings (SSSR count). The van der Waals surface area contributed by atoms with Crippen LogP contribution in [-0.4, -0.2) is 22.5 Å². The van der Waals surface area contributed by atoms with Crippen molar-refractivity contribution in [3.8, 4) is 6.07 Å². The summed E-state index contributed by atoms with van der Waals surface area (Å²) in [7, 11) is 0. The van der Waals surface area contributed by atoms with Crippen LogP contribution in [0.4, 0.5) is 5.82 Å². The van der Waals surface area contributed by atoms with E-state index in [1.165, 1.54) is 28.9 Å². The summed E-state index contributed by atoms with van der Waals surface area (Å²) in [5.41, 5.74) is 8.30. The number of nitriles is 1. The van der Waals surface area contributed by atoms with Crippen molar-refractivity contribution < 1.29 is 0 Å². The molecule has 1 saturated heterocycles. The number of para-hydroxylation sites is 2. The molecule has 0 unspecified atom stereocenters. The molecule has 0 spiro atoms. The van der Waals surface area contributed by atoms with E-state index >= 15 is 0 Å². The highest BCUT2D eigenvalue weighted by atomic mass is 15.2. The fourth-order valence-electron chi connectivity index (χ4n) is 5.45. The van der Waals surface area contributed by atoms with E-state index in [0.29, 0.717) is 17.4 Å². The summed E-state index contributed by atoms with van der Waals surface area (Å²) in [4.78, 5) is 7.47. The molecule has 32 heavy (non-hydrogen) atoms. The SMILES string of the molecule is Cc1ccc(Cc2c(C)c(C#N)c3nc4ccccc4n3c2N2C[C@H](C)C[C@H](C)C2)cc1. The second-order valence-electron chi connectivity index (χ2n) is 9.69. The fraction of sp³-hybridized carbons (Fsp3) is 0.357. The van der Waals surface area contributed by atoms with Gasteiger partial charge in [0.25, 0.3) is 0 Å². The molecular weight excluding hydrogens is 392 g/mol. The van der Waals surface area contributed by atoms with Crippen LogP contribution in [0.3, 0.4) is 0 Å². The number of fused-ring (bicyclic) bond motifs is 3. The van der Waals surface area contributed by atoms with E-state index in [9.17, 15) is 5.26 Å². The largest absolute Gasteiger partial charge is 0.357 e. The van der Waals surface area contributed by atoms with Gasteiger partial charge in [0.15, 0.2) is 5.65 Å². The van der Waals surface area contributed by atoms with Gasteiger partial charge in [-0.1, -0.05) is 55.8 Å². The molecule has 1 fully saturated rings. The molecule has 0 aliphatic carbocycles. The van der Waals surface area contributed by atoms with Crippen LogP contribution in [0.25, 0.3) is 16.7 Å². The number of aryl methyl sites for hydroxylation is 1. The van der Waals surface area contributed by atoms with Crippen molar-refractivity contribution in [1.82, 2.24) is 9.38 Å². The van der Waals surface area contributed by atoms with E-state index in [1.807, 2.05) is 12.1 Å². The Morgan fingerprint density at radius 3 is 2.38 bits per heavy atom. The van der Waals surface area contributed by atoms with Gasteiger partial charge in [0.1, 0.15) is 11.9 Å². The van der Waals surface area contributed by atoms with Crippen LogP contribution in [0, 0.1) is 37.0 Å². The number of pyridine rings is 1. The zero-order chi connectivity index (χ0) is 22.4. The Morgan fingerprint density at radius 2 is 1.69 bits per heavy atom. The van der Waals surface area contributed by atoms with Crippen LogP contribution in [0.5, 0.6) is 0 Å². The molecule has 3 heterocycles. The van der Waals surface area contributed by atoms with Crippen LogP contribution in [0.15, 0.2) is 48.5 Å². The number of aromatic nitrogens is 2. The Kier molecular flexibility index (Phi) is 5.13. The average Bonchev–Trinajstić information content (AvgIpc) is 3.14. The lowest BCUT2D eigenvalue weighted by molar-refractivity contribution is 0.354. The molecule has 0 radical (unpaired) electrons. The monoisotopic (exact) mass is 422 g/mol. The molecule has 0 N–H and O–H groups in total. The van der Waals surface area contributed by atoms with Crippen molar-refractivity contribution in [1.29, 1.82) is 5.26 Å². The minimum Gasteiger partial charge on any atom is -0.357 e. The second kappa shape index (κ2) is 7.98. The lowest BCUT2D eigenvalue weighted by Gasteiger charge is -2.38. The Balaban J connectivity index is 1.83. The molecule has 1 aliphatic rings. The van der Waals surface area contributed by atoms with Crippen molar-refractivity contribution in [2.45, 2.75) is 40.5 Å². The number of benzene rings is 2. The number of anilines is 1. The Labute approximate surface area is 190 Å². The Hall–Kier alpha value is -3.32. The van der Waals surface area contributed by atoms with Gasteiger partial charge in [-0.3, -0.25) is 4.40 Å².